The molecule has 0 fully saturated rings. The van der Waals surface area contributed by atoms with E-state index in [-0.39, 0.29) is 12.4 Å². The van der Waals surface area contributed by atoms with Crippen molar-refractivity contribution < 1.29 is 19.0 Å². The first-order chi connectivity index (χ1) is 15.2. The van der Waals surface area contributed by atoms with Gasteiger partial charge in [-0.05, 0) is 34.7 Å². The third-order valence-electron chi connectivity index (χ3n) is 5.12. The maximum Gasteiger partial charge on any atom is 0.309 e. The fourth-order valence-electron chi connectivity index (χ4n) is 3.43. The minimum absolute atomic E-state index is 0.163. The SMILES string of the molecule is [C-]#[N+]c1ccc2c(c1)CCOCc1cc(ccc1CC(=O)OC)-c1nccc(n1)OC2. The van der Waals surface area contributed by atoms with Crippen LogP contribution in [-0.4, -0.2) is 29.7 Å². The molecule has 2 heterocycles. The maximum atomic E-state index is 11.8. The van der Waals surface area contributed by atoms with E-state index in [0.29, 0.717) is 43.6 Å². The molecule has 0 N–H and O–H groups in total. The molecule has 1 aliphatic rings. The van der Waals surface area contributed by atoms with Crippen LogP contribution in [0.25, 0.3) is 16.2 Å². The molecule has 2 aromatic carbocycles. The molecule has 0 amide bonds. The van der Waals surface area contributed by atoms with Gasteiger partial charge in [-0.25, -0.2) is 9.83 Å². The Bertz CT molecular complexity index is 1150. The Kier molecular flexibility index (Phi) is 6.20. The molecule has 4 rings (SSSR count). The van der Waals surface area contributed by atoms with Crippen molar-refractivity contribution in [3.05, 3.63) is 82.3 Å². The van der Waals surface area contributed by atoms with Crippen LogP contribution in [0.4, 0.5) is 5.69 Å². The zero-order valence-corrected chi connectivity index (χ0v) is 17.1. The topological polar surface area (TPSA) is 74.9 Å². The lowest BCUT2D eigenvalue weighted by Crippen LogP contribution is -2.10. The summed E-state index contributed by atoms with van der Waals surface area (Å²) in [5.74, 6) is 0.693. The van der Waals surface area contributed by atoms with Crippen LogP contribution in [0, 0.1) is 6.57 Å². The molecular weight excluding hydrogens is 394 g/mol. The van der Waals surface area contributed by atoms with Gasteiger partial charge in [0.05, 0.1) is 33.3 Å². The van der Waals surface area contributed by atoms with Gasteiger partial charge in [0.25, 0.3) is 0 Å². The van der Waals surface area contributed by atoms with Crippen LogP contribution in [0.2, 0.25) is 0 Å². The quantitative estimate of drug-likeness (QED) is 0.464. The summed E-state index contributed by atoms with van der Waals surface area (Å²) < 4.78 is 16.7. The predicted octanol–water partition coefficient (Wildman–Crippen LogP) is 4.06. The van der Waals surface area contributed by atoms with Gasteiger partial charge in [0.2, 0.25) is 5.88 Å². The lowest BCUT2D eigenvalue weighted by Gasteiger charge is -2.15. The van der Waals surface area contributed by atoms with Gasteiger partial charge in [-0.2, -0.15) is 4.98 Å². The summed E-state index contributed by atoms with van der Waals surface area (Å²) in [6.07, 6.45) is 2.46. The molecule has 7 heteroatoms. The molecule has 1 aliphatic heterocycles. The number of fused-ring (bicyclic) bond motifs is 6. The Labute approximate surface area is 180 Å². The van der Waals surface area contributed by atoms with Gasteiger partial charge in [-0.1, -0.05) is 30.3 Å². The zero-order chi connectivity index (χ0) is 21.6. The van der Waals surface area contributed by atoms with Gasteiger partial charge >= 0.3 is 5.97 Å². The van der Waals surface area contributed by atoms with Crippen molar-refractivity contribution in [2.24, 2.45) is 0 Å². The zero-order valence-electron chi connectivity index (χ0n) is 17.1. The molecule has 0 atom stereocenters. The lowest BCUT2D eigenvalue weighted by atomic mass is 10.0. The minimum Gasteiger partial charge on any atom is -0.473 e. The van der Waals surface area contributed by atoms with E-state index >= 15 is 0 Å². The first kappa shape index (κ1) is 20.5. The molecule has 156 valence electrons. The summed E-state index contributed by atoms with van der Waals surface area (Å²) in [5, 5.41) is 0. The van der Waals surface area contributed by atoms with E-state index in [0.717, 1.165) is 27.8 Å². The maximum absolute atomic E-state index is 11.8. The number of esters is 1. The van der Waals surface area contributed by atoms with Gasteiger partial charge in [0, 0.05) is 17.8 Å². The van der Waals surface area contributed by atoms with E-state index in [4.69, 9.17) is 20.8 Å². The molecule has 31 heavy (non-hydrogen) atoms. The van der Waals surface area contributed by atoms with E-state index in [9.17, 15) is 4.79 Å². The number of hydrogen-bond acceptors (Lipinski definition) is 6. The summed E-state index contributed by atoms with van der Waals surface area (Å²) in [6, 6.07) is 13.0. The number of carbonyl (C=O) groups excluding carboxylic acids is 1. The van der Waals surface area contributed by atoms with Gasteiger partial charge in [0.1, 0.15) is 6.61 Å². The molecule has 7 nitrogen and oxygen atoms in total. The number of methoxy groups -OCH3 is 1. The lowest BCUT2D eigenvalue weighted by molar-refractivity contribution is -0.139. The number of aromatic nitrogens is 2. The number of rotatable bonds is 2. The van der Waals surface area contributed by atoms with E-state index in [1.807, 2.05) is 30.3 Å². The second-order valence-corrected chi connectivity index (χ2v) is 7.11. The third-order valence-corrected chi connectivity index (χ3v) is 5.12. The van der Waals surface area contributed by atoms with E-state index in [1.165, 1.54) is 7.11 Å². The highest BCUT2D eigenvalue weighted by atomic mass is 16.5. The highest BCUT2D eigenvalue weighted by molar-refractivity contribution is 5.73. The molecule has 0 unspecified atom stereocenters. The van der Waals surface area contributed by atoms with Crippen LogP contribution in [0.3, 0.4) is 0 Å². The van der Waals surface area contributed by atoms with E-state index in [1.54, 1.807) is 18.3 Å². The molecular formula is C24H21N3O4. The third kappa shape index (κ3) is 4.87. The van der Waals surface area contributed by atoms with Crippen LogP contribution < -0.4 is 4.74 Å². The molecule has 0 radical (unpaired) electrons. The molecule has 4 bridgehead atoms. The Morgan fingerprint density at radius 2 is 2.03 bits per heavy atom. The van der Waals surface area contributed by atoms with E-state index in [2.05, 4.69) is 14.8 Å². The summed E-state index contributed by atoms with van der Waals surface area (Å²) in [5.41, 5.74) is 5.10. The Hall–Kier alpha value is -3.76. The molecule has 3 aromatic rings. The monoisotopic (exact) mass is 415 g/mol. The van der Waals surface area contributed by atoms with Crippen molar-refractivity contribution in [2.75, 3.05) is 13.7 Å². The van der Waals surface area contributed by atoms with Crippen molar-refractivity contribution in [3.8, 4) is 17.3 Å². The number of hydrogen-bond donors (Lipinski definition) is 0. The fraction of sp³-hybridized carbons (Fsp3) is 0.250. The highest BCUT2D eigenvalue weighted by Crippen LogP contribution is 2.25. The predicted molar refractivity (Wildman–Crippen MR) is 114 cm³/mol. The largest absolute Gasteiger partial charge is 0.473 e. The normalized spacial score (nSPS) is 13.2. The summed E-state index contributed by atoms with van der Waals surface area (Å²) >= 11 is 0. The van der Waals surface area contributed by atoms with Crippen molar-refractivity contribution in [1.29, 1.82) is 0 Å². The second kappa shape index (κ2) is 9.37. The molecule has 0 saturated heterocycles. The van der Waals surface area contributed by atoms with Crippen LogP contribution in [0.5, 0.6) is 5.88 Å². The van der Waals surface area contributed by atoms with Crippen molar-refractivity contribution >= 4 is 11.7 Å². The van der Waals surface area contributed by atoms with Gasteiger partial charge in [-0.15, -0.1) is 0 Å². The van der Waals surface area contributed by atoms with Gasteiger partial charge < -0.3 is 14.2 Å². The summed E-state index contributed by atoms with van der Waals surface area (Å²) in [6.45, 7) is 8.43. The summed E-state index contributed by atoms with van der Waals surface area (Å²) in [7, 11) is 1.37. The average molecular weight is 415 g/mol. The first-order valence-electron chi connectivity index (χ1n) is 9.88. The van der Waals surface area contributed by atoms with Crippen LogP contribution >= 0.6 is 0 Å². The minimum atomic E-state index is -0.310. The van der Waals surface area contributed by atoms with Crippen LogP contribution in [0.1, 0.15) is 22.3 Å². The number of ether oxygens (including phenoxy) is 3. The standard InChI is InChI=1S/C24H21N3O4/c1-25-21-6-5-19-15-31-22-7-9-26-24(27-22)18-4-3-16(13-23(28)29-2)20(11-18)14-30-10-8-17(19)12-21/h3-7,9,11-12H,8,10,13-15H2,2H3. The number of carbonyl (C=O) groups is 1. The summed E-state index contributed by atoms with van der Waals surface area (Å²) in [4.78, 5) is 24.3. The molecule has 0 spiro atoms. The Morgan fingerprint density at radius 3 is 2.87 bits per heavy atom. The molecule has 1 aromatic heterocycles. The fourth-order valence-corrected chi connectivity index (χ4v) is 3.43. The Balaban J connectivity index is 1.71. The smallest absolute Gasteiger partial charge is 0.309 e. The van der Waals surface area contributed by atoms with Crippen molar-refractivity contribution in [3.63, 3.8) is 0 Å². The molecule has 0 aliphatic carbocycles. The first-order valence-corrected chi connectivity index (χ1v) is 9.88. The van der Waals surface area contributed by atoms with Gasteiger partial charge in [0.15, 0.2) is 11.5 Å². The van der Waals surface area contributed by atoms with Crippen molar-refractivity contribution in [1.82, 2.24) is 9.97 Å². The number of benzene rings is 2. The Morgan fingerprint density at radius 1 is 1.13 bits per heavy atom. The van der Waals surface area contributed by atoms with E-state index < -0.39 is 0 Å². The second-order valence-electron chi connectivity index (χ2n) is 7.11. The highest BCUT2D eigenvalue weighted by Gasteiger charge is 2.14. The average Bonchev–Trinajstić information content (AvgIpc) is 2.81. The van der Waals surface area contributed by atoms with Gasteiger partial charge in [-0.3, -0.25) is 4.79 Å². The van der Waals surface area contributed by atoms with Crippen LogP contribution in [0.15, 0.2) is 48.7 Å². The van der Waals surface area contributed by atoms with Crippen molar-refractivity contribution in [2.45, 2.75) is 26.1 Å². The number of nitrogens with zero attached hydrogens (tertiary/aromatic N) is 3. The van der Waals surface area contributed by atoms with Crippen LogP contribution in [-0.2, 0) is 40.3 Å². The molecule has 0 saturated carbocycles.